The highest BCUT2D eigenvalue weighted by Crippen LogP contribution is 2.42. The van der Waals surface area contributed by atoms with Crippen molar-refractivity contribution in [1.29, 1.82) is 0 Å². The SMILES string of the molecule is CN(C)C(=O)NCCNCC1CC2C=CC1C2. The Morgan fingerprint density at radius 3 is 2.71 bits per heavy atom. The Kier molecular flexibility index (Phi) is 4.05. The van der Waals surface area contributed by atoms with Crippen LogP contribution in [0.5, 0.6) is 0 Å². The first kappa shape index (κ1) is 12.4. The minimum absolute atomic E-state index is 0.0188. The summed E-state index contributed by atoms with van der Waals surface area (Å²) in [4.78, 5) is 12.8. The molecule has 0 spiro atoms. The first-order chi connectivity index (χ1) is 8.16. The molecule has 4 nitrogen and oxygen atoms in total. The minimum Gasteiger partial charge on any atom is -0.337 e. The molecule has 0 aromatic heterocycles. The maximum Gasteiger partial charge on any atom is 0.316 e. The van der Waals surface area contributed by atoms with Gasteiger partial charge in [-0.15, -0.1) is 0 Å². The van der Waals surface area contributed by atoms with Crippen molar-refractivity contribution in [3.63, 3.8) is 0 Å². The number of carbonyl (C=O) groups is 1. The highest BCUT2D eigenvalue weighted by molar-refractivity contribution is 5.73. The lowest BCUT2D eigenvalue weighted by Gasteiger charge is -2.19. The van der Waals surface area contributed by atoms with E-state index in [1.54, 1.807) is 19.0 Å². The Labute approximate surface area is 103 Å². The Morgan fingerprint density at radius 1 is 1.29 bits per heavy atom. The molecule has 2 rings (SSSR count). The van der Waals surface area contributed by atoms with Crippen LogP contribution in [0.25, 0.3) is 0 Å². The van der Waals surface area contributed by atoms with E-state index < -0.39 is 0 Å². The molecule has 3 unspecified atom stereocenters. The zero-order chi connectivity index (χ0) is 12.3. The number of amides is 2. The third kappa shape index (κ3) is 3.22. The van der Waals surface area contributed by atoms with Crippen LogP contribution >= 0.6 is 0 Å². The smallest absolute Gasteiger partial charge is 0.316 e. The van der Waals surface area contributed by atoms with E-state index >= 15 is 0 Å². The summed E-state index contributed by atoms with van der Waals surface area (Å²) in [6.45, 7) is 2.65. The van der Waals surface area contributed by atoms with Gasteiger partial charge in [-0.1, -0.05) is 12.2 Å². The Hall–Kier alpha value is -1.03. The number of urea groups is 1. The highest BCUT2D eigenvalue weighted by atomic mass is 16.2. The fourth-order valence-corrected chi connectivity index (χ4v) is 2.83. The second-order valence-corrected chi connectivity index (χ2v) is 5.37. The molecule has 1 fully saturated rings. The van der Waals surface area contributed by atoms with Crippen LogP contribution in [-0.4, -0.2) is 44.7 Å². The second-order valence-electron chi connectivity index (χ2n) is 5.37. The first-order valence-electron chi connectivity index (χ1n) is 6.51. The summed E-state index contributed by atoms with van der Waals surface area (Å²) in [6.07, 6.45) is 7.47. The van der Waals surface area contributed by atoms with Crippen LogP contribution < -0.4 is 10.6 Å². The van der Waals surface area contributed by atoms with Gasteiger partial charge in [-0.2, -0.15) is 0 Å². The lowest BCUT2D eigenvalue weighted by Crippen LogP contribution is -2.39. The van der Waals surface area contributed by atoms with Crippen LogP contribution in [0.3, 0.4) is 0 Å². The molecule has 0 radical (unpaired) electrons. The molecule has 0 aromatic rings. The van der Waals surface area contributed by atoms with Crippen molar-refractivity contribution < 1.29 is 4.79 Å². The largest absolute Gasteiger partial charge is 0.337 e. The maximum atomic E-state index is 11.2. The van der Waals surface area contributed by atoms with Crippen LogP contribution in [0.4, 0.5) is 4.79 Å². The van der Waals surface area contributed by atoms with Crippen molar-refractivity contribution in [2.45, 2.75) is 12.8 Å². The van der Waals surface area contributed by atoms with Crippen LogP contribution in [0.15, 0.2) is 12.2 Å². The van der Waals surface area contributed by atoms with E-state index in [0.29, 0.717) is 6.54 Å². The summed E-state index contributed by atoms with van der Waals surface area (Å²) >= 11 is 0. The molecule has 0 aromatic carbocycles. The van der Waals surface area contributed by atoms with Crippen LogP contribution in [0.1, 0.15) is 12.8 Å². The maximum absolute atomic E-state index is 11.2. The monoisotopic (exact) mass is 237 g/mol. The molecule has 2 amide bonds. The van der Waals surface area contributed by atoms with Crippen molar-refractivity contribution >= 4 is 6.03 Å². The van der Waals surface area contributed by atoms with E-state index in [0.717, 1.165) is 30.8 Å². The molecule has 17 heavy (non-hydrogen) atoms. The Balaban J connectivity index is 1.52. The van der Waals surface area contributed by atoms with E-state index in [9.17, 15) is 4.79 Å². The number of carbonyl (C=O) groups excluding carboxylic acids is 1. The molecule has 0 aliphatic heterocycles. The number of rotatable bonds is 5. The minimum atomic E-state index is -0.0188. The molecule has 2 aliphatic rings. The van der Waals surface area contributed by atoms with Gasteiger partial charge in [-0.05, 0) is 37.1 Å². The predicted molar refractivity (Wildman–Crippen MR) is 68.8 cm³/mol. The Bertz CT molecular complexity index is 301. The van der Waals surface area contributed by atoms with Gasteiger partial charge in [0.05, 0.1) is 0 Å². The molecular formula is C13H23N3O. The highest BCUT2D eigenvalue weighted by Gasteiger charge is 2.34. The molecule has 2 bridgehead atoms. The summed E-state index contributed by atoms with van der Waals surface area (Å²) in [5.74, 6) is 2.47. The van der Waals surface area contributed by atoms with E-state index in [1.165, 1.54) is 12.8 Å². The fraction of sp³-hybridized carbons (Fsp3) is 0.769. The number of hydrogen-bond acceptors (Lipinski definition) is 2. The zero-order valence-electron chi connectivity index (χ0n) is 10.8. The van der Waals surface area contributed by atoms with Crippen molar-refractivity contribution in [2.24, 2.45) is 17.8 Å². The number of allylic oxidation sites excluding steroid dienone is 2. The van der Waals surface area contributed by atoms with Crippen LogP contribution in [0.2, 0.25) is 0 Å². The molecule has 1 saturated carbocycles. The van der Waals surface area contributed by atoms with Gasteiger partial charge in [0.1, 0.15) is 0 Å². The molecular weight excluding hydrogens is 214 g/mol. The van der Waals surface area contributed by atoms with Gasteiger partial charge >= 0.3 is 6.03 Å². The topological polar surface area (TPSA) is 44.4 Å². The van der Waals surface area contributed by atoms with Gasteiger partial charge in [0.2, 0.25) is 0 Å². The quantitative estimate of drug-likeness (QED) is 0.555. The average molecular weight is 237 g/mol. The standard InChI is InChI=1S/C13H23N3O/c1-16(2)13(17)15-6-5-14-9-12-8-10-3-4-11(12)7-10/h3-4,10-12,14H,5-9H2,1-2H3,(H,15,17). The number of nitrogens with zero attached hydrogens (tertiary/aromatic N) is 1. The molecule has 4 heteroatoms. The van der Waals surface area contributed by atoms with Gasteiger partial charge in [-0.3, -0.25) is 0 Å². The molecule has 0 heterocycles. The summed E-state index contributed by atoms with van der Waals surface area (Å²) in [7, 11) is 3.51. The normalized spacial score (nSPS) is 29.6. The van der Waals surface area contributed by atoms with Gasteiger partial charge in [0.25, 0.3) is 0 Å². The van der Waals surface area contributed by atoms with E-state index in [-0.39, 0.29) is 6.03 Å². The zero-order valence-corrected chi connectivity index (χ0v) is 10.8. The van der Waals surface area contributed by atoms with Crippen molar-refractivity contribution in [3.8, 4) is 0 Å². The van der Waals surface area contributed by atoms with Gasteiger partial charge in [0.15, 0.2) is 0 Å². The van der Waals surface area contributed by atoms with Crippen LogP contribution in [0, 0.1) is 17.8 Å². The van der Waals surface area contributed by atoms with Crippen LogP contribution in [-0.2, 0) is 0 Å². The third-order valence-corrected chi connectivity index (χ3v) is 3.81. The van der Waals surface area contributed by atoms with E-state index in [1.807, 2.05) is 0 Å². The molecule has 2 aliphatic carbocycles. The fourth-order valence-electron chi connectivity index (χ4n) is 2.83. The molecule has 3 atom stereocenters. The second kappa shape index (κ2) is 5.54. The van der Waals surface area contributed by atoms with Crippen molar-refractivity contribution in [3.05, 3.63) is 12.2 Å². The number of hydrogen-bond donors (Lipinski definition) is 2. The van der Waals surface area contributed by atoms with E-state index in [2.05, 4.69) is 22.8 Å². The summed E-state index contributed by atoms with van der Waals surface area (Å²) in [5.41, 5.74) is 0. The van der Waals surface area contributed by atoms with Gasteiger partial charge < -0.3 is 15.5 Å². The molecule has 0 saturated heterocycles. The summed E-state index contributed by atoms with van der Waals surface area (Å²) < 4.78 is 0. The average Bonchev–Trinajstić information content (AvgIpc) is 2.90. The summed E-state index contributed by atoms with van der Waals surface area (Å²) in [6, 6.07) is -0.0188. The summed E-state index contributed by atoms with van der Waals surface area (Å²) in [5, 5.41) is 6.29. The van der Waals surface area contributed by atoms with Gasteiger partial charge in [-0.25, -0.2) is 4.79 Å². The van der Waals surface area contributed by atoms with E-state index in [4.69, 9.17) is 0 Å². The lowest BCUT2D eigenvalue weighted by molar-refractivity contribution is 0.217. The molecule has 96 valence electrons. The van der Waals surface area contributed by atoms with Gasteiger partial charge in [0, 0.05) is 27.2 Å². The number of fused-ring (bicyclic) bond motifs is 2. The van der Waals surface area contributed by atoms with Crippen molar-refractivity contribution in [1.82, 2.24) is 15.5 Å². The third-order valence-electron chi connectivity index (χ3n) is 3.81. The number of nitrogens with one attached hydrogen (secondary N) is 2. The predicted octanol–water partition coefficient (Wildman–Crippen LogP) is 1.06. The lowest BCUT2D eigenvalue weighted by atomic mass is 9.94. The Morgan fingerprint density at radius 2 is 2.12 bits per heavy atom. The molecule has 2 N–H and O–H groups in total. The first-order valence-corrected chi connectivity index (χ1v) is 6.51. The van der Waals surface area contributed by atoms with Crippen molar-refractivity contribution in [2.75, 3.05) is 33.7 Å².